The van der Waals surface area contributed by atoms with E-state index in [0.29, 0.717) is 12.8 Å². The number of unbranched alkanes of at least 4 members (excludes halogenated alkanes) is 36. The van der Waals surface area contributed by atoms with Gasteiger partial charge in [0, 0.05) is 19.4 Å². The highest BCUT2D eigenvalue weighted by molar-refractivity contribution is 7.47. The van der Waals surface area contributed by atoms with E-state index < -0.39 is 32.5 Å². The summed E-state index contributed by atoms with van der Waals surface area (Å²) in [4.78, 5) is 35.1. The van der Waals surface area contributed by atoms with E-state index in [9.17, 15) is 19.0 Å². The molecule has 0 rings (SSSR count). The Bertz CT molecular complexity index is 1120. The van der Waals surface area contributed by atoms with Crippen LogP contribution >= 0.6 is 7.82 Å². The fraction of sp³-hybridized carbons (Fsp3) is 0.891. The third kappa shape index (κ3) is 51.7. The van der Waals surface area contributed by atoms with Gasteiger partial charge in [0.2, 0.25) is 0 Å². The van der Waals surface area contributed by atoms with E-state index in [1.54, 1.807) is 0 Å². The number of phosphoric ester groups is 1. The summed E-state index contributed by atoms with van der Waals surface area (Å²) in [6, 6.07) is 0. The second kappa shape index (κ2) is 51.9. The first kappa shape index (κ1) is 63.5. The van der Waals surface area contributed by atoms with Crippen LogP contribution in [-0.4, -0.2) is 49.3 Å². The fourth-order valence-corrected chi connectivity index (χ4v) is 8.95. The summed E-state index contributed by atoms with van der Waals surface area (Å²) < 4.78 is 32.9. The van der Waals surface area contributed by atoms with Crippen LogP contribution in [0.25, 0.3) is 0 Å². The molecule has 65 heavy (non-hydrogen) atoms. The van der Waals surface area contributed by atoms with E-state index >= 15 is 0 Å². The van der Waals surface area contributed by atoms with Gasteiger partial charge in [-0.1, -0.05) is 250 Å². The van der Waals surface area contributed by atoms with Gasteiger partial charge in [-0.25, -0.2) is 4.57 Å². The van der Waals surface area contributed by atoms with Crippen molar-refractivity contribution in [1.29, 1.82) is 0 Å². The molecule has 0 saturated heterocycles. The molecule has 0 aliphatic carbocycles. The van der Waals surface area contributed by atoms with E-state index in [-0.39, 0.29) is 32.6 Å². The summed E-state index contributed by atoms with van der Waals surface area (Å²) >= 11 is 0. The Hall–Kier alpha value is -1.51. The molecular formula is C55H106NO8P. The van der Waals surface area contributed by atoms with Crippen molar-refractivity contribution in [3.8, 4) is 0 Å². The van der Waals surface area contributed by atoms with Crippen LogP contribution in [0.1, 0.15) is 284 Å². The van der Waals surface area contributed by atoms with Crippen molar-refractivity contribution in [1.82, 2.24) is 0 Å². The standard InChI is InChI=1S/C55H106NO8P/c1-3-5-7-9-11-13-15-17-19-21-23-25-26-28-29-31-33-35-37-39-41-43-45-47-54(57)61-51-53(52-63-65(59,60)62-50-49-56)64-55(58)48-46-44-42-40-38-36-34-32-30-27-24-22-20-18-16-14-12-10-8-6-4-2/h31,33,39,41,53H,3-30,32,34-38,40,42-52,56H2,1-2H3,(H,59,60)/b33-31+,41-39+/t53-/m1/s1. The Kier molecular flexibility index (Phi) is 50.7. The van der Waals surface area contributed by atoms with Crippen molar-refractivity contribution >= 4 is 19.8 Å². The molecule has 0 fully saturated rings. The van der Waals surface area contributed by atoms with Crippen LogP contribution in [0.2, 0.25) is 0 Å². The first-order chi connectivity index (χ1) is 31.8. The lowest BCUT2D eigenvalue weighted by molar-refractivity contribution is -0.161. The molecule has 0 amide bonds. The van der Waals surface area contributed by atoms with Gasteiger partial charge >= 0.3 is 19.8 Å². The van der Waals surface area contributed by atoms with Gasteiger partial charge in [0.1, 0.15) is 6.61 Å². The number of ether oxygens (including phenoxy) is 2. The molecule has 3 N–H and O–H groups in total. The number of nitrogens with two attached hydrogens (primary N) is 1. The lowest BCUT2D eigenvalue weighted by atomic mass is 10.0. The molecule has 0 radical (unpaired) electrons. The smallest absolute Gasteiger partial charge is 0.462 e. The van der Waals surface area contributed by atoms with Crippen molar-refractivity contribution in [2.45, 2.75) is 290 Å². The van der Waals surface area contributed by atoms with Crippen LogP contribution in [-0.2, 0) is 32.7 Å². The van der Waals surface area contributed by atoms with Gasteiger partial charge in [-0.3, -0.25) is 18.6 Å². The predicted octanol–water partition coefficient (Wildman–Crippen LogP) is 17.1. The summed E-state index contributed by atoms with van der Waals surface area (Å²) in [5.74, 6) is -0.861. The first-order valence-corrected chi connectivity index (χ1v) is 29.3. The molecule has 0 bridgehead atoms. The molecule has 0 aromatic heterocycles. The number of phosphoric acid groups is 1. The molecule has 0 saturated carbocycles. The third-order valence-electron chi connectivity index (χ3n) is 12.3. The average molecular weight is 940 g/mol. The Morgan fingerprint density at radius 3 is 1.18 bits per heavy atom. The van der Waals surface area contributed by atoms with Gasteiger partial charge in [-0.2, -0.15) is 0 Å². The summed E-state index contributed by atoms with van der Waals surface area (Å²) in [6.45, 7) is 3.76. The number of hydrogen-bond donors (Lipinski definition) is 2. The van der Waals surface area contributed by atoms with Gasteiger partial charge in [-0.15, -0.1) is 0 Å². The molecule has 1 unspecified atom stereocenters. The minimum absolute atomic E-state index is 0.0509. The quantitative estimate of drug-likeness (QED) is 0.0264. The normalized spacial score (nSPS) is 13.2. The number of esters is 2. The number of allylic oxidation sites excluding steroid dienone is 4. The van der Waals surface area contributed by atoms with Crippen LogP contribution in [0.15, 0.2) is 24.3 Å². The summed E-state index contributed by atoms with van der Waals surface area (Å²) in [6.07, 6.45) is 59.6. The maximum atomic E-state index is 12.7. The number of carbonyl (C=O) groups is 2. The molecular weight excluding hydrogens is 834 g/mol. The van der Waals surface area contributed by atoms with Gasteiger partial charge < -0.3 is 20.1 Å². The lowest BCUT2D eigenvalue weighted by Gasteiger charge is -2.19. The van der Waals surface area contributed by atoms with E-state index in [1.165, 1.54) is 205 Å². The molecule has 0 aliphatic heterocycles. The van der Waals surface area contributed by atoms with Gasteiger partial charge in [-0.05, 0) is 44.9 Å². The number of hydrogen-bond acceptors (Lipinski definition) is 8. The van der Waals surface area contributed by atoms with Gasteiger partial charge in [0.15, 0.2) is 6.10 Å². The molecule has 2 atom stereocenters. The maximum Gasteiger partial charge on any atom is 0.472 e. The van der Waals surface area contributed by atoms with Crippen molar-refractivity contribution in [3.63, 3.8) is 0 Å². The Balaban J connectivity index is 4.02. The molecule has 0 aromatic carbocycles. The second-order valence-corrected chi connectivity index (χ2v) is 20.3. The van der Waals surface area contributed by atoms with Crippen LogP contribution < -0.4 is 5.73 Å². The highest BCUT2D eigenvalue weighted by Gasteiger charge is 2.26. The third-order valence-corrected chi connectivity index (χ3v) is 13.3. The molecule has 0 heterocycles. The molecule has 9 nitrogen and oxygen atoms in total. The minimum atomic E-state index is -4.39. The SMILES string of the molecule is CCCCCCCCCCCCCCCC/C=C/CC/C=C/CCCC(=O)OC[C@H](COP(=O)(O)OCCN)OC(=O)CCCCCCCCCCCCCCCCCCCCCCC. The van der Waals surface area contributed by atoms with Gasteiger partial charge in [0.05, 0.1) is 13.2 Å². The van der Waals surface area contributed by atoms with Gasteiger partial charge in [0.25, 0.3) is 0 Å². The largest absolute Gasteiger partial charge is 0.472 e. The first-order valence-electron chi connectivity index (χ1n) is 27.8. The van der Waals surface area contributed by atoms with Crippen LogP contribution in [0.5, 0.6) is 0 Å². The van der Waals surface area contributed by atoms with E-state index in [0.717, 1.165) is 38.5 Å². The number of carbonyl (C=O) groups excluding carboxylic acids is 2. The fourth-order valence-electron chi connectivity index (χ4n) is 8.19. The lowest BCUT2D eigenvalue weighted by Crippen LogP contribution is -2.29. The molecule has 0 spiro atoms. The molecule has 384 valence electrons. The monoisotopic (exact) mass is 940 g/mol. The maximum absolute atomic E-state index is 12.7. The van der Waals surface area contributed by atoms with Crippen LogP contribution in [0.4, 0.5) is 0 Å². The molecule has 10 heteroatoms. The van der Waals surface area contributed by atoms with Crippen molar-refractivity contribution in [2.75, 3.05) is 26.4 Å². The van der Waals surface area contributed by atoms with Crippen molar-refractivity contribution in [2.24, 2.45) is 5.73 Å². The second-order valence-electron chi connectivity index (χ2n) is 18.8. The number of rotatable bonds is 53. The Morgan fingerprint density at radius 2 is 0.785 bits per heavy atom. The highest BCUT2D eigenvalue weighted by atomic mass is 31.2. The summed E-state index contributed by atoms with van der Waals surface area (Å²) in [5.41, 5.74) is 5.37. The molecule has 0 aromatic rings. The zero-order valence-electron chi connectivity index (χ0n) is 42.7. The molecule has 0 aliphatic rings. The van der Waals surface area contributed by atoms with E-state index in [1.807, 2.05) is 0 Å². The topological polar surface area (TPSA) is 134 Å². The van der Waals surface area contributed by atoms with Crippen LogP contribution in [0.3, 0.4) is 0 Å². The van der Waals surface area contributed by atoms with Crippen molar-refractivity contribution < 1.29 is 37.6 Å². The zero-order valence-corrected chi connectivity index (χ0v) is 43.6. The predicted molar refractivity (Wildman–Crippen MR) is 275 cm³/mol. The van der Waals surface area contributed by atoms with Crippen LogP contribution in [0, 0.1) is 0 Å². The zero-order chi connectivity index (χ0) is 47.4. The summed E-state index contributed by atoms with van der Waals surface area (Å²) in [7, 11) is -4.39. The Morgan fingerprint density at radius 1 is 0.446 bits per heavy atom. The minimum Gasteiger partial charge on any atom is -0.462 e. The average Bonchev–Trinajstić information content (AvgIpc) is 3.30. The van der Waals surface area contributed by atoms with Crippen molar-refractivity contribution in [3.05, 3.63) is 24.3 Å². The highest BCUT2D eigenvalue weighted by Crippen LogP contribution is 2.43. The Labute approximate surface area is 402 Å². The van der Waals surface area contributed by atoms with E-state index in [4.69, 9.17) is 24.3 Å². The van der Waals surface area contributed by atoms with E-state index in [2.05, 4.69) is 38.2 Å². The summed E-state index contributed by atoms with van der Waals surface area (Å²) in [5, 5.41) is 0.